The van der Waals surface area contributed by atoms with Crippen molar-refractivity contribution in [3.05, 3.63) is 28.8 Å². The minimum absolute atomic E-state index is 0.159. The third kappa shape index (κ3) is 2.28. The van der Waals surface area contributed by atoms with Crippen molar-refractivity contribution in [3.63, 3.8) is 0 Å². The van der Waals surface area contributed by atoms with Crippen molar-refractivity contribution in [2.75, 3.05) is 13.0 Å². The Balaban J connectivity index is 3.45. The van der Waals surface area contributed by atoms with Crippen LogP contribution in [0.3, 0.4) is 0 Å². The average molecular weight is 224 g/mol. The predicted molar refractivity (Wildman–Crippen MR) is 57.5 cm³/mol. The summed E-state index contributed by atoms with van der Waals surface area (Å²) in [4.78, 5) is 11.5. The van der Waals surface area contributed by atoms with Gasteiger partial charge in [-0.1, -0.05) is 0 Å². The lowest BCUT2D eigenvalue weighted by Crippen LogP contribution is -2.06. The fourth-order valence-electron chi connectivity index (χ4n) is 1.36. The molecule has 0 unspecified atom stereocenters. The van der Waals surface area contributed by atoms with E-state index in [1.165, 1.54) is 7.11 Å². The number of halogens is 1. The van der Waals surface area contributed by atoms with Crippen LogP contribution in [0.2, 0.25) is 0 Å². The Morgan fingerprint density at radius 3 is 2.73 bits per heavy atom. The van der Waals surface area contributed by atoms with E-state index in [1.807, 2.05) is 13.0 Å². The fraction of sp³-hybridized carbons (Fsp3) is 0.273. The summed E-state index contributed by atoms with van der Waals surface area (Å²) in [6.07, 6.45) is 0. The molecule has 0 aromatic heterocycles. The smallest absolute Gasteiger partial charge is 0.182 e. The number of hydrogen-bond donors (Lipinski definition) is 0. The summed E-state index contributed by atoms with van der Waals surface area (Å²) in [6, 6.07) is 5.32. The number of aryl methyl sites for hydroxylation is 1. The van der Waals surface area contributed by atoms with Crippen molar-refractivity contribution in [2.45, 2.75) is 6.92 Å². The largest absolute Gasteiger partial charge is 0.496 e. The molecular weight excluding hydrogens is 214 g/mol. The maximum absolute atomic E-state index is 11.5. The highest BCUT2D eigenvalue weighted by Gasteiger charge is 2.16. The van der Waals surface area contributed by atoms with E-state index < -0.39 is 0 Å². The van der Waals surface area contributed by atoms with E-state index in [1.54, 1.807) is 12.1 Å². The second-order valence-corrected chi connectivity index (χ2v) is 3.33. The molecule has 78 valence electrons. The quantitative estimate of drug-likeness (QED) is 0.584. The van der Waals surface area contributed by atoms with Crippen molar-refractivity contribution in [1.82, 2.24) is 0 Å². The molecule has 0 heterocycles. The number of alkyl halides is 1. The molecule has 0 saturated carbocycles. The van der Waals surface area contributed by atoms with Crippen LogP contribution >= 0.6 is 11.6 Å². The number of benzene rings is 1. The Bertz CT molecular complexity index is 435. The van der Waals surface area contributed by atoms with Gasteiger partial charge in [-0.15, -0.1) is 11.6 Å². The molecule has 0 aliphatic rings. The van der Waals surface area contributed by atoms with Crippen LogP contribution in [0.25, 0.3) is 0 Å². The molecule has 0 saturated heterocycles. The topological polar surface area (TPSA) is 50.1 Å². The molecule has 15 heavy (non-hydrogen) atoms. The first-order valence-electron chi connectivity index (χ1n) is 4.32. The number of hydrogen-bond acceptors (Lipinski definition) is 3. The van der Waals surface area contributed by atoms with Gasteiger partial charge >= 0.3 is 0 Å². The lowest BCUT2D eigenvalue weighted by molar-refractivity contribution is 0.101. The summed E-state index contributed by atoms with van der Waals surface area (Å²) in [6.45, 7) is 1.83. The van der Waals surface area contributed by atoms with Crippen molar-refractivity contribution in [1.29, 1.82) is 5.26 Å². The molecular formula is C11H10ClNO2. The molecule has 0 fully saturated rings. The zero-order chi connectivity index (χ0) is 11.4. The molecule has 0 radical (unpaired) electrons. The number of ketones is 1. The first-order chi connectivity index (χ1) is 7.13. The van der Waals surface area contributed by atoms with Crippen LogP contribution < -0.4 is 4.74 Å². The van der Waals surface area contributed by atoms with Crippen LogP contribution in [-0.4, -0.2) is 18.8 Å². The molecule has 0 spiro atoms. The molecule has 0 aliphatic carbocycles. The highest BCUT2D eigenvalue weighted by Crippen LogP contribution is 2.25. The summed E-state index contributed by atoms with van der Waals surface area (Å²) in [5.41, 5.74) is 1.44. The molecule has 0 bridgehead atoms. The maximum atomic E-state index is 11.5. The first-order valence-corrected chi connectivity index (χ1v) is 4.85. The van der Waals surface area contributed by atoms with Gasteiger partial charge in [-0.05, 0) is 24.6 Å². The van der Waals surface area contributed by atoms with Gasteiger partial charge in [0.15, 0.2) is 5.78 Å². The van der Waals surface area contributed by atoms with E-state index >= 15 is 0 Å². The summed E-state index contributed by atoms with van der Waals surface area (Å²) >= 11 is 5.47. The number of rotatable bonds is 3. The van der Waals surface area contributed by atoms with E-state index in [0.29, 0.717) is 11.3 Å². The van der Waals surface area contributed by atoms with Crippen molar-refractivity contribution in [2.24, 2.45) is 0 Å². The normalized spacial score (nSPS) is 9.47. The highest BCUT2D eigenvalue weighted by atomic mass is 35.5. The number of carbonyl (C=O) groups excluding carboxylic acids is 1. The van der Waals surface area contributed by atoms with Gasteiger partial charge in [0.2, 0.25) is 0 Å². The molecule has 3 nitrogen and oxygen atoms in total. The van der Waals surface area contributed by atoms with Crippen LogP contribution in [0.5, 0.6) is 5.75 Å². The Morgan fingerprint density at radius 1 is 1.60 bits per heavy atom. The van der Waals surface area contributed by atoms with Gasteiger partial charge in [-0.3, -0.25) is 4.79 Å². The van der Waals surface area contributed by atoms with Crippen molar-refractivity contribution >= 4 is 17.4 Å². The average Bonchev–Trinajstić information content (AvgIpc) is 2.26. The molecule has 0 aliphatic heterocycles. The summed E-state index contributed by atoms with van der Waals surface area (Å²) in [7, 11) is 1.46. The third-order valence-corrected chi connectivity index (χ3v) is 2.23. The number of Topliss-reactive ketones (excluding diaryl/α,β-unsaturated/α-hetero) is 1. The summed E-state index contributed by atoms with van der Waals surface area (Å²) < 4.78 is 5.06. The minimum atomic E-state index is -0.301. The number of ether oxygens (including phenoxy) is 1. The van der Waals surface area contributed by atoms with Gasteiger partial charge in [0, 0.05) is 0 Å². The van der Waals surface area contributed by atoms with Crippen LogP contribution in [0.1, 0.15) is 21.5 Å². The van der Waals surface area contributed by atoms with E-state index in [9.17, 15) is 4.79 Å². The zero-order valence-electron chi connectivity index (χ0n) is 8.50. The Hall–Kier alpha value is -1.53. The predicted octanol–water partition coefficient (Wildman–Crippen LogP) is 2.30. The van der Waals surface area contributed by atoms with E-state index in [-0.39, 0.29) is 17.2 Å². The van der Waals surface area contributed by atoms with Gasteiger partial charge in [0.05, 0.1) is 24.1 Å². The number of nitrogens with zero attached hydrogens (tertiary/aromatic N) is 1. The first kappa shape index (κ1) is 11.5. The Kier molecular flexibility index (Phi) is 3.70. The summed E-state index contributed by atoms with van der Waals surface area (Å²) in [5, 5.41) is 8.91. The maximum Gasteiger partial charge on any atom is 0.182 e. The Morgan fingerprint density at radius 2 is 2.27 bits per heavy atom. The monoisotopic (exact) mass is 223 g/mol. The second-order valence-electron chi connectivity index (χ2n) is 3.06. The lowest BCUT2D eigenvalue weighted by atomic mass is 10.0. The highest BCUT2D eigenvalue weighted by molar-refractivity contribution is 6.31. The van der Waals surface area contributed by atoms with Crippen LogP contribution in [-0.2, 0) is 0 Å². The lowest BCUT2D eigenvalue weighted by Gasteiger charge is -2.09. The minimum Gasteiger partial charge on any atom is -0.496 e. The molecule has 1 rings (SSSR count). The van der Waals surface area contributed by atoms with Crippen molar-refractivity contribution in [3.8, 4) is 11.8 Å². The molecule has 0 amide bonds. The fourth-order valence-corrected chi connectivity index (χ4v) is 1.49. The van der Waals surface area contributed by atoms with Gasteiger partial charge < -0.3 is 4.74 Å². The third-order valence-electron chi connectivity index (χ3n) is 1.99. The number of nitriles is 1. The van der Waals surface area contributed by atoms with Gasteiger partial charge in [0.1, 0.15) is 11.8 Å². The van der Waals surface area contributed by atoms with Gasteiger partial charge in [0.25, 0.3) is 0 Å². The summed E-state index contributed by atoms with van der Waals surface area (Å²) in [5.74, 6) is -0.0593. The molecule has 1 aromatic rings. The van der Waals surface area contributed by atoms with Gasteiger partial charge in [-0.2, -0.15) is 5.26 Å². The van der Waals surface area contributed by atoms with E-state index in [0.717, 1.165) is 5.56 Å². The number of carbonyl (C=O) groups is 1. The standard InChI is InChI=1S/C11H10ClNO2/c1-7-3-8(6-13)11(9(14)5-12)10(4-7)15-2/h3-4H,5H2,1-2H3. The molecule has 0 N–H and O–H groups in total. The van der Waals surface area contributed by atoms with Crippen molar-refractivity contribution < 1.29 is 9.53 Å². The van der Waals surface area contributed by atoms with Crippen LogP contribution in [0, 0.1) is 18.3 Å². The molecule has 1 aromatic carbocycles. The molecule has 4 heteroatoms. The van der Waals surface area contributed by atoms with Crippen LogP contribution in [0.4, 0.5) is 0 Å². The Labute approximate surface area is 93.2 Å². The number of methoxy groups -OCH3 is 1. The van der Waals surface area contributed by atoms with E-state index in [4.69, 9.17) is 21.6 Å². The van der Waals surface area contributed by atoms with Crippen LogP contribution in [0.15, 0.2) is 12.1 Å². The SMILES string of the molecule is COc1cc(C)cc(C#N)c1C(=O)CCl. The second kappa shape index (κ2) is 4.81. The zero-order valence-corrected chi connectivity index (χ0v) is 9.26. The molecule has 0 atom stereocenters. The van der Waals surface area contributed by atoms with Gasteiger partial charge in [-0.25, -0.2) is 0 Å². The van der Waals surface area contributed by atoms with E-state index in [2.05, 4.69) is 0 Å².